The SMILES string of the molecule is CNC(=O)c1cccc(NC(=O)COC(=O)CCCOc2ccc(C)cc2)c1. The van der Waals surface area contributed by atoms with Crippen LogP contribution >= 0.6 is 0 Å². The van der Waals surface area contributed by atoms with Crippen molar-refractivity contribution in [2.75, 3.05) is 25.6 Å². The van der Waals surface area contributed by atoms with E-state index in [1.807, 2.05) is 31.2 Å². The maximum atomic E-state index is 11.9. The summed E-state index contributed by atoms with van der Waals surface area (Å²) in [5.74, 6) is -0.451. The second-order valence-electron chi connectivity index (χ2n) is 6.13. The Morgan fingerprint density at radius 1 is 1.04 bits per heavy atom. The molecule has 7 heteroatoms. The Morgan fingerprint density at radius 3 is 2.50 bits per heavy atom. The minimum Gasteiger partial charge on any atom is -0.494 e. The highest BCUT2D eigenvalue weighted by Crippen LogP contribution is 2.12. The van der Waals surface area contributed by atoms with Crippen molar-refractivity contribution in [3.05, 3.63) is 59.7 Å². The summed E-state index contributed by atoms with van der Waals surface area (Å²) in [4.78, 5) is 35.2. The molecule has 28 heavy (non-hydrogen) atoms. The van der Waals surface area contributed by atoms with E-state index in [1.54, 1.807) is 24.3 Å². The fraction of sp³-hybridized carbons (Fsp3) is 0.286. The zero-order chi connectivity index (χ0) is 20.4. The van der Waals surface area contributed by atoms with Crippen LogP contribution in [0.2, 0.25) is 0 Å². The molecule has 2 aromatic rings. The van der Waals surface area contributed by atoms with Gasteiger partial charge in [-0.25, -0.2) is 0 Å². The van der Waals surface area contributed by atoms with Crippen LogP contribution in [-0.4, -0.2) is 38.0 Å². The lowest BCUT2D eigenvalue weighted by Crippen LogP contribution is -2.22. The number of esters is 1. The van der Waals surface area contributed by atoms with Crippen molar-refractivity contribution in [2.24, 2.45) is 0 Å². The molecule has 0 aliphatic heterocycles. The molecule has 0 aliphatic carbocycles. The van der Waals surface area contributed by atoms with Gasteiger partial charge in [0.15, 0.2) is 6.61 Å². The summed E-state index contributed by atoms with van der Waals surface area (Å²) in [6.45, 7) is 1.99. The van der Waals surface area contributed by atoms with Gasteiger partial charge in [-0.15, -0.1) is 0 Å². The van der Waals surface area contributed by atoms with E-state index >= 15 is 0 Å². The second-order valence-corrected chi connectivity index (χ2v) is 6.13. The molecule has 2 aromatic carbocycles. The maximum Gasteiger partial charge on any atom is 0.306 e. The van der Waals surface area contributed by atoms with Crippen molar-refractivity contribution >= 4 is 23.5 Å². The molecule has 0 saturated carbocycles. The molecule has 0 bridgehead atoms. The number of ether oxygens (including phenoxy) is 2. The van der Waals surface area contributed by atoms with Crippen LogP contribution in [0.5, 0.6) is 5.75 Å². The van der Waals surface area contributed by atoms with Gasteiger partial charge in [0.2, 0.25) is 0 Å². The fourth-order valence-electron chi connectivity index (χ4n) is 2.34. The summed E-state index contributed by atoms with van der Waals surface area (Å²) in [5.41, 5.74) is 2.02. The monoisotopic (exact) mass is 384 g/mol. The quantitative estimate of drug-likeness (QED) is 0.512. The lowest BCUT2D eigenvalue weighted by Gasteiger charge is -2.08. The van der Waals surface area contributed by atoms with E-state index < -0.39 is 11.9 Å². The number of hydrogen-bond acceptors (Lipinski definition) is 5. The van der Waals surface area contributed by atoms with E-state index in [2.05, 4.69) is 10.6 Å². The molecule has 0 atom stereocenters. The van der Waals surface area contributed by atoms with Crippen LogP contribution in [0, 0.1) is 6.92 Å². The van der Waals surface area contributed by atoms with E-state index in [0.717, 1.165) is 11.3 Å². The minimum atomic E-state index is -0.474. The molecule has 148 valence electrons. The summed E-state index contributed by atoms with van der Waals surface area (Å²) in [5, 5.41) is 5.10. The van der Waals surface area contributed by atoms with Gasteiger partial charge in [-0.05, 0) is 43.7 Å². The molecule has 0 aliphatic rings. The van der Waals surface area contributed by atoms with Crippen LogP contribution in [0.1, 0.15) is 28.8 Å². The van der Waals surface area contributed by atoms with Gasteiger partial charge in [0, 0.05) is 24.7 Å². The Bertz CT molecular complexity index is 818. The summed E-state index contributed by atoms with van der Waals surface area (Å²) >= 11 is 0. The number of amides is 2. The lowest BCUT2D eigenvalue weighted by atomic mass is 10.2. The first kappa shape index (κ1) is 21.0. The van der Waals surface area contributed by atoms with Crippen molar-refractivity contribution in [1.29, 1.82) is 0 Å². The molecule has 0 saturated heterocycles. The minimum absolute atomic E-state index is 0.158. The molecule has 2 rings (SSSR count). The van der Waals surface area contributed by atoms with Crippen LogP contribution in [0.15, 0.2) is 48.5 Å². The van der Waals surface area contributed by atoms with Crippen molar-refractivity contribution in [3.8, 4) is 5.75 Å². The van der Waals surface area contributed by atoms with Gasteiger partial charge < -0.3 is 20.1 Å². The van der Waals surface area contributed by atoms with E-state index in [-0.39, 0.29) is 18.9 Å². The summed E-state index contributed by atoms with van der Waals surface area (Å²) < 4.78 is 10.5. The molecule has 0 unspecified atom stereocenters. The Hall–Kier alpha value is -3.35. The Balaban J connectivity index is 1.66. The first-order chi connectivity index (χ1) is 13.5. The molecular formula is C21H24N2O5. The first-order valence-corrected chi connectivity index (χ1v) is 8.95. The number of carbonyl (C=O) groups is 3. The fourth-order valence-corrected chi connectivity index (χ4v) is 2.34. The van der Waals surface area contributed by atoms with E-state index in [1.165, 1.54) is 7.05 Å². The van der Waals surface area contributed by atoms with Gasteiger partial charge in [-0.1, -0.05) is 23.8 Å². The normalized spacial score (nSPS) is 10.1. The predicted octanol–water partition coefficient (Wildman–Crippen LogP) is 2.70. The number of carbonyl (C=O) groups excluding carboxylic acids is 3. The molecule has 0 spiro atoms. The van der Waals surface area contributed by atoms with Gasteiger partial charge in [0.25, 0.3) is 11.8 Å². The van der Waals surface area contributed by atoms with Crippen LogP contribution < -0.4 is 15.4 Å². The van der Waals surface area contributed by atoms with Crippen LogP contribution in [0.3, 0.4) is 0 Å². The van der Waals surface area contributed by atoms with Gasteiger partial charge in [-0.2, -0.15) is 0 Å². The molecule has 2 N–H and O–H groups in total. The molecule has 0 fully saturated rings. The molecular weight excluding hydrogens is 360 g/mol. The molecule has 0 heterocycles. The largest absolute Gasteiger partial charge is 0.494 e. The van der Waals surface area contributed by atoms with Gasteiger partial charge in [0.1, 0.15) is 5.75 Å². The standard InChI is InChI=1S/C21H24N2O5/c1-15-8-10-18(11-9-15)27-12-4-7-20(25)28-14-19(24)23-17-6-3-5-16(13-17)21(26)22-2/h3,5-6,8-11,13H,4,7,12,14H2,1-2H3,(H,22,26)(H,23,24). The molecule has 0 aromatic heterocycles. The number of benzene rings is 2. The van der Waals surface area contributed by atoms with E-state index in [0.29, 0.717) is 24.3 Å². The predicted molar refractivity (Wildman–Crippen MR) is 105 cm³/mol. The van der Waals surface area contributed by atoms with Crippen molar-refractivity contribution in [3.63, 3.8) is 0 Å². The zero-order valence-electron chi connectivity index (χ0n) is 16.0. The third-order valence-electron chi connectivity index (χ3n) is 3.81. The number of aryl methyl sites for hydroxylation is 1. The van der Waals surface area contributed by atoms with Crippen LogP contribution in [0.25, 0.3) is 0 Å². The smallest absolute Gasteiger partial charge is 0.306 e. The van der Waals surface area contributed by atoms with Gasteiger partial charge >= 0.3 is 5.97 Å². The van der Waals surface area contributed by atoms with Crippen LogP contribution in [0.4, 0.5) is 5.69 Å². The highest BCUT2D eigenvalue weighted by molar-refractivity contribution is 5.97. The lowest BCUT2D eigenvalue weighted by molar-refractivity contribution is -0.147. The number of anilines is 1. The van der Waals surface area contributed by atoms with Gasteiger partial charge in [0.05, 0.1) is 6.61 Å². The highest BCUT2D eigenvalue weighted by Gasteiger charge is 2.09. The molecule has 7 nitrogen and oxygen atoms in total. The number of nitrogens with one attached hydrogen (secondary N) is 2. The zero-order valence-corrected chi connectivity index (χ0v) is 16.0. The van der Waals surface area contributed by atoms with E-state index in [9.17, 15) is 14.4 Å². The molecule has 0 radical (unpaired) electrons. The highest BCUT2D eigenvalue weighted by atomic mass is 16.5. The van der Waals surface area contributed by atoms with Crippen LogP contribution in [-0.2, 0) is 14.3 Å². The van der Waals surface area contributed by atoms with Crippen molar-refractivity contribution in [1.82, 2.24) is 5.32 Å². The number of rotatable bonds is 9. The Labute approximate surface area is 164 Å². The third-order valence-corrected chi connectivity index (χ3v) is 3.81. The van der Waals surface area contributed by atoms with Gasteiger partial charge in [-0.3, -0.25) is 14.4 Å². The topological polar surface area (TPSA) is 93.7 Å². The van der Waals surface area contributed by atoms with Crippen molar-refractivity contribution < 1.29 is 23.9 Å². The average molecular weight is 384 g/mol. The molecule has 2 amide bonds. The summed E-state index contributed by atoms with van der Waals surface area (Å²) in [6.07, 6.45) is 0.647. The average Bonchev–Trinajstić information content (AvgIpc) is 2.70. The van der Waals surface area contributed by atoms with E-state index in [4.69, 9.17) is 9.47 Å². The first-order valence-electron chi connectivity index (χ1n) is 8.95. The number of hydrogen-bond donors (Lipinski definition) is 2. The summed E-state index contributed by atoms with van der Waals surface area (Å²) in [6, 6.07) is 14.1. The third kappa shape index (κ3) is 7.11. The summed E-state index contributed by atoms with van der Waals surface area (Å²) in [7, 11) is 1.53. The second kappa shape index (κ2) is 10.7. The van der Waals surface area contributed by atoms with Crippen molar-refractivity contribution in [2.45, 2.75) is 19.8 Å². The maximum absolute atomic E-state index is 11.9. The Morgan fingerprint density at radius 2 is 1.79 bits per heavy atom. The Kier molecular flexibility index (Phi) is 8.02.